The summed E-state index contributed by atoms with van der Waals surface area (Å²) in [6.45, 7) is 8.85. The van der Waals surface area contributed by atoms with Crippen LogP contribution in [-0.4, -0.2) is 43.4 Å². The zero-order chi connectivity index (χ0) is 21.7. The van der Waals surface area contributed by atoms with E-state index in [2.05, 4.69) is 15.1 Å². The van der Waals surface area contributed by atoms with Gasteiger partial charge in [-0.25, -0.2) is 9.50 Å². The van der Waals surface area contributed by atoms with Crippen LogP contribution in [0, 0.1) is 6.92 Å². The maximum atomic E-state index is 12.7. The smallest absolute Gasteiger partial charge is 0.332 e. The molecule has 1 aromatic carbocycles. The summed E-state index contributed by atoms with van der Waals surface area (Å²) in [6.07, 6.45) is 1.79. The molecular formula is C22H24BN4O3. The highest BCUT2D eigenvalue weighted by Gasteiger charge is 2.35. The molecule has 2 N–H and O–H groups in total. The highest BCUT2D eigenvalue weighted by molar-refractivity contribution is 6.46. The number of aliphatic hydroxyl groups is 1. The average Bonchev–Trinajstić information content (AvgIpc) is 3.11. The van der Waals surface area contributed by atoms with E-state index in [0.717, 1.165) is 11.0 Å². The first-order valence-corrected chi connectivity index (χ1v) is 9.79. The van der Waals surface area contributed by atoms with E-state index in [1.54, 1.807) is 45.0 Å². The van der Waals surface area contributed by atoms with Crippen molar-refractivity contribution >= 4 is 29.5 Å². The lowest BCUT2D eigenvalue weighted by Crippen LogP contribution is -2.49. The Bertz CT molecular complexity index is 1300. The number of hydrogen-bond acceptors (Lipinski definition) is 5. The lowest BCUT2D eigenvalue weighted by Gasteiger charge is -2.37. The molecule has 4 aromatic rings. The van der Waals surface area contributed by atoms with Gasteiger partial charge in [-0.1, -0.05) is 18.2 Å². The maximum absolute atomic E-state index is 12.7. The molecule has 3 aromatic heterocycles. The SMILES string of the molecule is Cc1c(-c2nc3ccc([B]OC(C)(C)C(C)(C)O)cn3n2)[nH]c2ccccc2c1=O. The molecule has 0 unspecified atom stereocenters. The van der Waals surface area contributed by atoms with Crippen LogP contribution in [0.1, 0.15) is 33.3 Å². The molecule has 0 saturated carbocycles. The van der Waals surface area contributed by atoms with E-state index in [4.69, 9.17) is 4.65 Å². The number of benzene rings is 1. The Kier molecular flexibility index (Phi) is 4.79. The largest absolute Gasteiger partial charge is 0.427 e. The Morgan fingerprint density at radius 3 is 2.60 bits per heavy atom. The van der Waals surface area contributed by atoms with Gasteiger partial charge in [0.25, 0.3) is 0 Å². The first-order chi connectivity index (χ1) is 14.1. The van der Waals surface area contributed by atoms with E-state index in [1.807, 2.05) is 44.2 Å². The van der Waals surface area contributed by atoms with Gasteiger partial charge in [-0.3, -0.25) is 4.79 Å². The van der Waals surface area contributed by atoms with Crippen LogP contribution >= 0.6 is 0 Å². The molecule has 0 aliphatic carbocycles. The Morgan fingerprint density at radius 1 is 1.13 bits per heavy atom. The molecule has 0 fully saturated rings. The Balaban J connectivity index is 1.69. The summed E-state index contributed by atoms with van der Waals surface area (Å²) in [5, 5.41) is 15.4. The van der Waals surface area contributed by atoms with Crippen LogP contribution in [-0.2, 0) is 4.65 Å². The highest BCUT2D eigenvalue weighted by atomic mass is 16.5. The third kappa shape index (κ3) is 3.53. The molecule has 4 rings (SSSR count). The first kappa shape index (κ1) is 20.3. The third-order valence-electron chi connectivity index (χ3n) is 5.69. The van der Waals surface area contributed by atoms with Crippen molar-refractivity contribution in [2.24, 2.45) is 0 Å². The van der Waals surface area contributed by atoms with Gasteiger partial charge in [-0.05, 0) is 58.3 Å². The Hall–Kier alpha value is -2.97. The molecule has 0 spiro atoms. The molecule has 0 amide bonds. The number of aromatic amines is 1. The standard InChI is InChI=1S/C22H24BN4O3/c1-13-18(24-16-9-7-6-8-15(16)19(13)28)20-25-17-11-10-14(12-27(17)26-20)23-30-22(4,5)21(2,3)29/h6-12,29H,1-5H3,(H,24,28). The zero-order valence-corrected chi connectivity index (χ0v) is 17.7. The van der Waals surface area contributed by atoms with Gasteiger partial charge in [0.15, 0.2) is 16.9 Å². The van der Waals surface area contributed by atoms with Gasteiger partial charge in [0.05, 0.1) is 16.9 Å². The summed E-state index contributed by atoms with van der Waals surface area (Å²) in [7, 11) is 1.60. The molecule has 3 heterocycles. The van der Waals surface area contributed by atoms with Crippen LogP contribution in [0.4, 0.5) is 0 Å². The molecule has 0 bridgehead atoms. The molecule has 153 valence electrons. The maximum Gasteiger partial charge on any atom is 0.332 e. The van der Waals surface area contributed by atoms with E-state index in [0.29, 0.717) is 28.1 Å². The van der Waals surface area contributed by atoms with Crippen molar-refractivity contribution in [2.45, 2.75) is 45.8 Å². The summed E-state index contributed by atoms with van der Waals surface area (Å²) < 4.78 is 7.47. The first-order valence-electron chi connectivity index (χ1n) is 9.79. The van der Waals surface area contributed by atoms with Crippen LogP contribution in [0.5, 0.6) is 0 Å². The Morgan fingerprint density at radius 2 is 1.87 bits per heavy atom. The second-order valence-electron chi connectivity index (χ2n) is 8.51. The minimum absolute atomic E-state index is 0.0329. The number of rotatable bonds is 5. The van der Waals surface area contributed by atoms with Gasteiger partial charge < -0.3 is 14.7 Å². The van der Waals surface area contributed by atoms with E-state index in [-0.39, 0.29) is 5.43 Å². The number of hydrogen-bond donors (Lipinski definition) is 2. The van der Waals surface area contributed by atoms with E-state index >= 15 is 0 Å². The highest BCUT2D eigenvalue weighted by Crippen LogP contribution is 2.24. The van der Waals surface area contributed by atoms with Crippen molar-refractivity contribution in [3.05, 3.63) is 58.4 Å². The van der Waals surface area contributed by atoms with E-state index in [1.165, 1.54) is 0 Å². The van der Waals surface area contributed by atoms with Gasteiger partial charge in [-0.15, -0.1) is 5.10 Å². The second kappa shape index (κ2) is 7.07. The summed E-state index contributed by atoms with van der Waals surface area (Å²) >= 11 is 0. The molecular weight excluding hydrogens is 379 g/mol. The fraction of sp³-hybridized carbons (Fsp3) is 0.318. The van der Waals surface area contributed by atoms with E-state index in [9.17, 15) is 9.90 Å². The average molecular weight is 403 g/mol. The summed E-state index contributed by atoms with van der Waals surface area (Å²) in [6, 6.07) is 11.1. The Labute approximate surface area is 175 Å². The van der Waals surface area contributed by atoms with Crippen molar-refractivity contribution in [3.63, 3.8) is 0 Å². The van der Waals surface area contributed by atoms with Crippen molar-refractivity contribution in [1.29, 1.82) is 0 Å². The number of para-hydroxylation sites is 1. The lowest BCUT2D eigenvalue weighted by atomic mass is 9.83. The summed E-state index contributed by atoms with van der Waals surface area (Å²) in [5.74, 6) is 0.449. The van der Waals surface area contributed by atoms with Crippen molar-refractivity contribution < 1.29 is 9.76 Å². The fourth-order valence-corrected chi connectivity index (χ4v) is 2.99. The minimum atomic E-state index is -1.01. The molecule has 0 atom stereocenters. The van der Waals surface area contributed by atoms with Crippen LogP contribution in [0.15, 0.2) is 47.4 Å². The minimum Gasteiger partial charge on any atom is -0.427 e. The predicted molar refractivity (Wildman–Crippen MR) is 118 cm³/mol. The summed E-state index contributed by atoms with van der Waals surface area (Å²) in [4.78, 5) is 20.6. The molecule has 0 aliphatic rings. The van der Waals surface area contributed by atoms with Crippen LogP contribution in [0.25, 0.3) is 28.1 Å². The van der Waals surface area contributed by atoms with Crippen LogP contribution in [0.3, 0.4) is 0 Å². The molecule has 7 nitrogen and oxygen atoms in total. The zero-order valence-electron chi connectivity index (χ0n) is 17.7. The van der Waals surface area contributed by atoms with Crippen LogP contribution in [0.2, 0.25) is 0 Å². The summed E-state index contributed by atoms with van der Waals surface area (Å²) in [5.41, 5.74) is 1.55. The molecule has 8 heteroatoms. The van der Waals surface area contributed by atoms with Gasteiger partial charge >= 0.3 is 7.48 Å². The van der Waals surface area contributed by atoms with Gasteiger partial charge in [0.1, 0.15) is 0 Å². The number of H-pyrrole nitrogens is 1. The number of aromatic nitrogens is 4. The van der Waals surface area contributed by atoms with E-state index < -0.39 is 11.2 Å². The van der Waals surface area contributed by atoms with Crippen molar-refractivity contribution in [1.82, 2.24) is 19.6 Å². The van der Waals surface area contributed by atoms with Gasteiger partial charge in [0.2, 0.25) is 0 Å². The fourth-order valence-electron chi connectivity index (χ4n) is 2.99. The van der Waals surface area contributed by atoms with Crippen molar-refractivity contribution in [2.75, 3.05) is 0 Å². The molecule has 30 heavy (non-hydrogen) atoms. The number of nitrogens with one attached hydrogen (secondary N) is 1. The normalized spacial score (nSPS) is 12.6. The van der Waals surface area contributed by atoms with Gasteiger partial charge in [0, 0.05) is 22.7 Å². The second-order valence-corrected chi connectivity index (χ2v) is 8.51. The quantitative estimate of drug-likeness (QED) is 0.499. The number of fused-ring (bicyclic) bond motifs is 2. The lowest BCUT2D eigenvalue weighted by molar-refractivity contribution is -0.0893. The molecule has 0 saturated heterocycles. The van der Waals surface area contributed by atoms with Crippen molar-refractivity contribution in [3.8, 4) is 11.5 Å². The predicted octanol–water partition coefficient (Wildman–Crippen LogP) is 2.36. The number of nitrogens with zero attached hydrogens (tertiary/aromatic N) is 3. The third-order valence-corrected chi connectivity index (χ3v) is 5.69. The number of pyridine rings is 2. The van der Waals surface area contributed by atoms with Gasteiger partial charge in [-0.2, -0.15) is 0 Å². The van der Waals surface area contributed by atoms with Crippen LogP contribution < -0.4 is 10.9 Å². The molecule has 1 radical (unpaired) electrons. The molecule has 0 aliphatic heterocycles. The topological polar surface area (TPSA) is 92.5 Å². The monoisotopic (exact) mass is 403 g/mol.